The van der Waals surface area contributed by atoms with Crippen molar-refractivity contribution in [2.75, 3.05) is 0 Å². The van der Waals surface area contributed by atoms with Crippen LogP contribution in [0.25, 0.3) is 11.1 Å². The molecule has 4 aromatic rings. The van der Waals surface area contributed by atoms with Gasteiger partial charge in [-0.25, -0.2) is 14.4 Å². The van der Waals surface area contributed by atoms with Gasteiger partial charge in [0.25, 0.3) is 0 Å². The van der Waals surface area contributed by atoms with Crippen LogP contribution in [0.15, 0.2) is 121 Å². The highest BCUT2D eigenvalue weighted by Gasteiger charge is 2.13. The highest BCUT2D eigenvalue weighted by molar-refractivity contribution is 5.92. The Labute approximate surface area is 243 Å². The van der Waals surface area contributed by atoms with Gasteiger partial charge in [0.15, 0.2) is 0 Å². The minimum absolute atomic E-state index is 0.280. The van der Waals surface area contributed by atoms with E-state index in [1.807, 2.05) is 12.1 Å². The van der Waals surface area contributed by atoms with Crippen molar-refractivity contribution in [2.24, 2.45) is 0 Å². The van der Waals surface area contributed by atoms with Crippen LogP contribution >= 0.6 is 0 Å². The third-order valence-corrected chi connectivity index (χ3v) is 5.87. The third kappa shape index (κ3) is 7.80. The average molecular weight is 565 g/mol. The number of aliphatic hydroxyl groups is 1. The molecule has 42 heavy (non-hydrogen) atoms. The van der Waals surface area contributed by atoms with Crippen LogP contribution in [0.1, 0.15) is 36.1 Å². The lowest BCUT2D eigenvalue weighted by atomic mass is 10.0. The van der Waals surface area contributed by atoms with E-state index < -0.39 is 24.2 Å². The van der Waals surface area contributed by atoms with Gasteiger partial charge in [0.1, 0.15) is 23.0 Å². The molecule has 8 heteroatoms. The van der Waals surface area contributed by atoms with Crippen molar-refractivity contribution in [2.45, 2.75) is 20.1 Å². The topological polar surface area (TPSA) is 108 Å². The summed E-state index contributed by atoms with van der Waals surface area (Å²) in [5, 5.41) is 10.5. The normalized spacial score (nSPS) is 11.1. The second-order valence-electron chi connectivity index (χ2n) is 9.34. The molecule has 0 fully saturated rings. The number of esters is 3. The Morgan fingerprint density at radius 3 is 1.43 bits per heavy atom. The fourth-order valence-corrected chi connectivity index (χ4v) is 3.55. The lowest BCUT2D eigenvalue weighted by Gasteiger charge is -2.14. The molecular weight excluding hydrogens is 536 g/mol. The summed E-state index contributed by atoms with van der Waals surface area (Å²) in [5.74, 6) is -0.175. The number of hydrogen-bond acceptors (Lipinski definition) is 8. The minimum atomic E-state index is -1.28. The van der Waals surface area contributed by atoms with E-state index in [0.29, 0.717) is 39.7 Å². The molecule has 0 aliphatic heterocycles. The largest absolute Gasteiger partial charge is 0.461 e. The number of benzene rings is 4. The van der Waals surface area contributed by atoms with E-state index >= 15 is 0 Å². The number of carbonyl (C=O) groups excluding carboxylic acids is 3. The molecule has 0 radical (unpaired) electrons. The predicted molar refractivity (Wildman–Crippen MR) is 156 cm³/mol. The molecule has 0 aliphatic carbocycles. The second kappa shape index (κ2) is 13.3. The summed E-state index contributed by atoms with van der Waals surface area (Å²) < 4.78 is 21.3. The van der Waals surface area contributed by atoms with Crippen molar-refractivity contribution in [1.29, 1.82) is 0 Å². The smallest absolute Gasteiger partial charge is 0.343 e. The van der Waals surface area contributed by atoms with Crippen molar-refractivity contribution in [3.63, 3.8) is 0 Å². The van der Waals surface area contributed by atoms with Crippen LogP contribution in [0.5, 0.6) is 23.0 Å². The molecule has 0 saturated carbocycles. The zero-order valence-corrected chi connectivity index (χ0v) is 23.0. The molecule has 0 aromatic heterocycles. The van der Waals surface area contributed by atoms with Gasteiger partial charge in [-0.05, 0) is 97.8 Å². The van der Waals surface area contributed by atoms with Crippen LogP contribution in [-0.2, 0) is 9.59 Å². The van der Waals surface area contributed by atoms with Gasteiger partial charge >= 0.3 is 17.9 Å². The van der Waals surface area contributed by atoms with Crippen LogP contribution in [0.3, 0.4) is 0 Å². The Hall–Kier alpha value is -5.47. The Morgan fingerprint density at radius 1 is 0.571 bits per heavy atom. The van der Waals surface area contributed by atoms with Crippen LogP contribution < -0.4 is 18.9 Å². The van der Waals surface area contributed by atoms with E-state index in [-0.39, 0.29) is 5.57 Å². The van der Waals surface area contributed by atoms with Crippen molar-refractivity contribution >= 4 is 17.9 Å². The first-order valence-corrected chi connectivity index (χ1v) is 12.8. The molecule has 1 N–H and O–H groups in total. The Kier molecular flexibility index (Phi) is 9.31. The van der Waals surface area contributed by atoms with Gasteiger partial charge in [-0.15, -0.1) is 0 Å². The monoisotopic (exact) mass is 564 g/mol. The number of carbonyl (C=O) groups is 3. The van der Waals surface area contributed by atoms with E-state index in [1.54, 1.807) is 86.6 Å². The summed E-state index contributed by atoms with van der Waals surface area (Å²) in [7, 11) is 0. The second-order valence-corrected chi connectivity index (χ2v) is 9.34. The Balaban J connectivity index is 1.31. The van der Waals surface area contributed by atoms with Gasteiger partial charge in [-0.3, -0.25) is 0 Å². The summed E-state index contributed by atoms with van der Waals surface area (Å²) >= 11 is 0. The number of aliphatic hydroxyl groups excluding tert-OH is 1. The number of ether oxygens (including phenoxy) is 4. The first kappa shape index (κ1) is 29.5. The molecule has 0 heterocycles. The van der Waals surface area contributed by atoms with E-state index in [4.69, 9.17) is 18.9 Å². The van der Waals surface area contributed by atoms with Crippen molar-refractivity contribution in [3.05, 3.63) is 132 Å². The zero-order chi connectivity index (χ0) is 30.2. The molecule has 0 bridgehead atoms. The summed E-state index contributed by atoms with van der Waals surface area (Å²) in [5.41, 5.74) is 3.14. The molecule has 0 aliphatic rings. The summed E-state index contributed by atoms with van der Waals surface area (Å²) in [6, 6.07) is 26.3. The van der Waals surface area contributed by atoms with Gasteiger partial charge in [-0.1, -0.05) is 37.4 Å². The van der Waals surface area contributed by atoms with Crippen LogP contribution in [0, 0.1) is 0 Å². The zero-order valence-electron chi connectivity index (χ0n) is 23.0. The van der Waals surface area contributed by atoms with Crippen molar-refractivity contribution < 1.29 is 38.4 Å². The number of rotatable bonds is 10. The maximum absolute atomic E-state index is 12.7. The third-order valence-electron chi connectivity index (χ3n) is 5.87. The van der Waals surface area contributed by atoms with Gasteiger partial charge in [0, 0.05) is 16.7 Å². The molecule has 0 saturated heterocycles. The quantitative estimate of drug-likeness (QED) is 0.0993. The lowest BCUT2D eigenvalue weighted by molar-refractivity contribution is -0.130. The highest BCUT2D eigenvalue weighted by Crippen LogP contribution is 2.26. The Morgan fingerprint density at radius 2 is 0.952 bits per heavy atom. The maximum atomic E-state index is 12.7. The minimum Gasteiger partial charge on any atom is -0.461 e. The maximum Gasteiger partial charge on any atom is 0.343 e. The average Bonchev–Trinajstić information content (AvgIpc) is 2.98. The number of hydrogen-bond donors (Lipinski definition) is 1. The van der Waals surface area contributed by atoms with Crippen LogP contribution in [0.4, 0.5) is 0 Å². The molecule has 0 amide bonds. The molecule has 212 valence electrons. The van der Waals surface area contributed by atoms with Crippen molar-refractivity contribution in [3.8, 4) is 34.1 Å². The summed E-state index contributed by atoms with van der Waals surface area (Å²) in [4.78, 5) is 35.9. The van der Waals surface area contributed by atoms with Crippen molar-refractivity contribution in [1.82, 2.24) is 0 Å². The molecule has 0 spiro atoms. The van der Waals surface area contributed by atoms with E-state index in [0.717, 1.165) is 11.1 Å². The molecule has 8 nitrogen and oxygen atoms in total. The van der Waals surface area contributed by atoms with Gasteiger partial charge < -0.3 is 24.1 Å². The van der Waals surface area contributed by atoms with Crippen LogP contribution in [0.2, 0.25) is 0 Å². The molecular formula is C34H28O8. The fraction of sp³-hybridized carbons (Fsp3) is 0.0882. The Bertz CT molecular complexity index is 1600. The SMILES string of the molecule is C=C(C)C(=O)Oc1ccc(OC(O)c2ccc(OC(=O)c3ccc(-c4ccc(OC(=O)C(=C)C)cc4)cc3)cc2)cc1. The van der Waals surface area contributed by atoms with Gasteiger partial charge in [-0.2, -0.15) is 0 Å². The van der Waals surface area contributed by atoms with Gasteiger partial charge in [0.2, 0.25) is 6.29 Å². The fourth-order valence-electron chi connectivity index (χ4n) is 3.55. The molecule has 4 aromatic carbocycles. The molecule has 1 unspecified atom stereocenters. The summed E-state index contributed by atoms with van der Waals surface area (Å²) in [6.07, 6.45) is -1.28. The molecule has 1 atom stereocenters. The first-order valence-electron chi connectivity index (χ1n) is 12.8. The molecule has 4 rings (SSSR count). The summed E-state index contributed by atoms with van der Waals surface area (Å²) in [6.45, 7) is 10.2. The van der Waals surface area contributed by atoms with E-state index in [9.17, 15) is 19.5 Å². The predicted octanol–water partition coefficient (Wildman–Crippen LogP) is 6.61. The highest BCUT2D eigenvalue weighted by atomic mass is 16.6. The van der Waals surface area contributed by atoms with E-state index in [2.05, 4.69) is 13.2 Å². The van der Waals surface area contributed by atoms with Crippen LogP contribution in [-0.4, -0.2) is 23.0 Å². The van der Waals surface area contributed by atoms with Gasteiger partial charge in [0.05, 0.1) is 5.56 Å². The standard InChI is InChI=1S/C34H28O8/c1-21(2)31(35)39-27-13-9-24(10-14-27)23-5-7-25(8-6-23)33(37)41-28-15-11-26(12-16-28)34(38)42-30-19-17-29(18-20-30)40-32(36)22(3)4/h5-20,34,38H,1,3H2,2,4H3. The first-order chi connectivity index (χ1) is 20.1. The van der Waals surface area contributed by atoms with E-state index in [1.165, 1.54) is 12.1 Å². The lowest BCUT2D eigenvalue weighted by Crippen LogP contribution is -2.09.